The molecule has 5 nitrogen and oxygen atoms in total. The van der Waals surface area contributed by atoms with E-state index in [0.717, 1.165) is 25.9 Å². The van der Waals surface area contributed by atoms with Gasteiger partial charge in [0.2, 0.25) is 11.8 Å². The molecule has 2 aliphatic heterocycles. The van der Waals surface area contributed by atoms with E-state index in [-0.39, 0.29) is 23.8 Å². The van der Waals surface area contributed by atoms with Crippen molar-refractivity contribution in [2.24, 2.45) is 11.8 Å². The Hall–Kier alpha value is -1.10. The molecule has 17 heavy (non-hydrogen) atoms. The van der Waals surface area contributed by atoms with Gasteiger partial charge in [0.05, 0.1) is 0 Å². The molecule has 0 aromatic rings. The average Bonchev–Trinajstić information content (AvgIpc) is 2.32. The number of carbonyl (C=O) groups is 2. The van der Waals surface area contributed by atoms with Gasteiger partial charge in [-0.05, 0) is 25.3 Å². The summed E-state index contributed by atoms with van der Waals surface area (Å²) in [5, 5.41) is 9.11. The lowest BCUT2D eigenvalue weighted by molar-refractivity contribution is -0.133. The van der Waals surface area contributed by atoms with E-state index < -0.39 is 0 Å². The predicted molar refractivity (Wildman–Crippen MR) is 64.3 cm³/mol. The van der Waals surface area contributed by atoms with Crippen LogP contribution in [0.4, 0.5) is 0 Å². The summed E-state index contributed by atoms with van der Waals surface area (Å²) in [7, 11) is 0. The fraction of sp³-hybridized carbons (Fsp3) is 0.833. The van der Waals surface area contributed by atoms with Crippen LogP contribution in [0, 0.1) is 11.8 Å². The Kier molecular flexibility index (Phi) is 3.99. The van der Waals surface area contributed by atoms with Crippen molar-refractivity contribution in [3.05, 3.63) is 0 Å². The maximum absolute atomic E-state index is 12.0. The standard InChI is InChI=1S/C12H21N3O2/c1-8-2-4-13-7-10(8)15-12(17)9-3-5-14-11(16)6-9/h8-10,13H,2-7H2,1H3,(H,14,16)(H,15,17). The first-order valence-electron chi connectivity index (χ1n) is 6.44. The fourth-order valence-electron chi connectivity index (χ4n) is 2.49. The summed E-state index contributed by atoms with van der Waals surface area (Å²) >= 11 is 0. The molecule has 3 unspecified atom stereocenters. The third-order valence-electron chi connectivity index (χ3n) is 3.77. The number of rotatable bonds is 2. The van der Waals surface area contributed by atoms with Gasteiger partial charge in [-0.25, -0.2) is 0 Å². The summed E-state index contributed by atoms with van der Waals surface area (Å²) in [5.41, 5.74) is 0. The summed E-state index contributed by atoms with van der Waals surface area (Å²) in [6.45, 7) is 4.65. The molecule has 96 valence electrons. The first kappa shape index (κ1) is 12.4. The molecule has 2 rings (SSSR count). The fourth-order valence-corrected chi connectivity index (χ4v) is 2.49. The molecule has 3 atom stereocenters. The van der Waals surface area contributed by atoms with Gasteiger partial charge in [0.15, 0.2) is 0 Å². The number of nitrogens with one attached hydrogen (secondary N) is 3. The molecule has 0 aromatic carbocycles. The van der Waals surface area contributed by atoms with Gasteiger partial charge < -0.3 is 16.0 Å². The lowest BCUT2D eigenvalue weighted by Gasteiger charge is -2.32. The van der Waals surface area contributed by atoms with Crippen molar-refractivity contribution in [3.63, 3.8) is 0 Å². The van der Waals surface area contributed by atoms with Crippen molar-refractivity contribution in [1.29, 1.82) is 0 Å². The van der Waals surface area contributed by atoms with E-state index in [2.05, 4.69) is 22.9 Å². The minimum Gasteiger partial charge on any atom is -0.356 e. The van der Waals surface area contributed by atoms with Gasteiger partial charge in [-0.3, -0.25) is 9.59 Å². The highest BCUT2D eigenvalue weighted by Crippen LogP contribution is 2.16. The maximum Gasteiger partial charge on any atom is 0.223 e. The van der Waals surface area contributed by atoms with E-state index >= 15 is 0 Å². The Labute approximate surface area is 102 Å². The molecule has 0 saturated carbocycles. The first-order valence-corrected chi connectivity index (χ1v) is 6.44. The van der Waals surface area contributed by atoms with Crippen LogP contribution >= 0.6 is 0 Å². The van der Waals surface area contributed by atoms with Crippen LogP contribution in [0.5, 0.6) is 0 Å². The van der Waals surface area contributed by atoms with Gasteiger partial charge in [-0.1, -0.05) is 6.92 Å². The molecule has 0 radical (unpaired) electrons. The summed E-state index contributed by atoms with van der Waals surface area (Å²) in [4.78, 5) is 23.3. The predicted octanol–water partition coefficient (Wildman–Crippen LogP) is -0.373. The number of hydrogen-bond acceptors (Lipinski definition) is 3. The molecular weight excluding hydrogens is 218 g/mol. The molecule has 0 spiro atoms. The smallest absolute Gasteiger partial charge is 0.223 e. The van der Waals surface area contributed by atoms with Crippen LogP contribution in [-0.2, 0) is 9.59 Å². The average molecular weight is 239 g/mol. The molecule has 0 aliphatic carbocycles. The highest BCUT2D eigenvalue weighted by Gasteiger charge is 2.29. The molecule has 2 aliphatic rings. The van der Waals surface area contributed by atoms with Gasteiger partial charge in [0, 0.05) is 31.5 Å². The minimum absolute atomic E-state index is 0.00813. The van der Waals surface area contributed by atoms with Crippen LogP contribution in [0.15, 0.2) is 0 Å². The highest BCUT2D eigenvalue weighted by atomic mass is 16.2. The van der Waals surface area contributed by atoms with Gasteiger partial charge in [-0.2, -0.15) is 0 Å². The summed E-state index contributed by atoms with van der Waals surface area (Å²) < 4.78 is 0. The van der Waals surface area contributed by atoms with E-state index in [1.807, 2.05) is 0 Å². The minimum atomic E-state index is -0.141. The van der Waals surface area contributed by atoms with Gasteiger partial charge in [0.1, 0.15) is 0 Å². The Bertz CT molecular complexity index is 306. The number of hydrogen-bond donors (Lipinski definition) is 3. The lowest BCUT2D eigenvalue weighted by Crippen LogP contribution is -2.52. The van der Waals surface area contributed by atoms with Gasteiger partial charge in [0.25, 0.3) is 0 Å². The largest absolute Gasteiger partial charge is 0.356 e. The van der Waals surface area contributed by atoms with Crippen LogP contribution in [0.3, 0.4) is 0 Å². The third-order valence-corrected chi connectivity index (χ3v) is 3.77. The Morgan fingerprint density at radius 2 is 2.18 bits per heavy atom. The van der Waals surface area contributed by atoms with E-state index in [9.17, 15) is 9.59 Å². The van der Waals surface area contributed by atoms with Crippen LogP contribution in [-0.4, -0.2) is 37.5 Å². The van der Waals surface area contributed by atoms with Gasteiger partial charge in [-0.15, -0.1) is 0 Å². The second kappa shape index (κ2) is 5.49. The summed E-state index contributed by atoms with van der Waals surface area (Å²) in [5.74, 6) is 0.405. The lowest BCUT2D eigenvalue weighted by atomic mass is 9.92. The van der Waals surface area contributed by atoms with Crippen LogP contribution in [0.25, 0.3) is 0 Å². The molecule has 2 saturated heterocycles. The zero-order valence-corrected chi connectivity index (χ0v) is 10.3. The quantitative estimate of drug-likeness (QED) is 0.615. The molecule has 2 amide bonds. The van der Waals surface area contributed by atoms with E-state index in [1.165, 1.54) is 0 Å². The molecule has 3 N–H and O–H groups in total. The SMILES string of the molecule is CC1CCNCC1NC(=O)C1CCNC(=O)C1. The van der Waals surface area contributed by atoms with Crippen molar-refractivity contribution in [2.45, 2.75) is 32.2 Å². The van der Waals surface area contributed by atoms with Crippen molar-refractivity contribution in [2.75, 3.05) is 19.6 Å². The number of carbonyl (C=O) groups excluding carboxylic acids is 2. The van der Waals surface area contributed by atoms with E-state index in [4.69, 9.17) is 0 Å². The topological polar surface area (TPSA) is 70.2 Å². The van der Waals surface area contributed by atoms with E-state index in [0.29, 0.717) is 18.9 Å². The van der Waals surface area contributed by atoms with Crippen LogP contribution in [0.2, 0.25) is 0 Å². The first-order chi connectivity index (χ1) is 8.16. The Morgan fingerprint density at radius 3 is 2.88 bits per heavy atom. The molecule has 0 aromatic heterocycles. The molecular formula is C12H21N3O2. The Morgan fingerprint density at radius 1 is 1.35 bits per heavy atom. The van der Waals surface area contributed by atoms with Crippen molar-refractivity contribution < 1.29 is 9.59 Å². The Balaban J connectivity index is 1.85. The second-order valence-electron chi connectivity index (χ2n) is 5.12. The van der Waals surface area contributed by atoms with Gasteiger partial charge >= 0.3 is 0 Å². The zero-order valence-electron chi connectivity index (χ0n) is 10.3. The van der Waals surface area contributed by atoms with Crippen molar-refractivity contribution >= 4 is 11.8 Å². The normalized spacial score (nSPS) is 33.9. The third kappa shape index (κ3) is 3.19. The van der Waals surface area contributed by atoms with Crippen LogP contribution in [0.1, 0.15) is 26.2 Å². The zero-order chi connectivity index (χ0) is 12.3. The van der Waals surface area contributed by atoms with Crippen molar-refractivity contribution in [1.82, 2.24) is 16.0 Å². The number of amides is 2. The molecule has 2 fully saturated rings. The van der Waals surface area contributed by atoms with E-state index in [1.54, 1.807) is 0 Å². The molecule has 2 heterocycles. The molecule has 0 bridgehead atoms. The van der Waals surface area contributed by atoms with Crippen LogP contribution < -0.4 is 16.0 Å². The summed E-state index contributed by atoms with van der Waals surface area (Å²) in [6, 6.07) is 0.209. The molecule has 5 heteroatoms. The monoisotopic (exact) mass is 239 g/mol. The maximum atomic E-state index is 12.0. The second-order valence-corrected chi connectivity index (χ2v) is 5.12. The summed E-state index contributed by atoms with van der Waals surface area (Å²) in [6.07, 6.45) is 2.18. The highest BCUT2D eigenvalue weighted by molar-refractivity contribution is 5.87. The number of piperidine rings is 2. The van der Waals surface area contributed by atoms with Crippen molar-refractivity contribution in [3.8, 4) is 0 Å².